The molecule has 44 heavy (non-hydrogen) atoms. The molecule has 0 amide bonds. The lowest BCUT2D eigenvalue weighted by atomic mass is 9.96. The Morgan fingerprint density at radius 1 is 0.795 bits per heavy atom. The van der Waals surface area contributed by atoms with Gasteiger partial charge in [0.15, 0.2) is 23.0 Å². The van der Waals surface area contributed by atoms with E-state index in [1.165, 1.54) is 32.3 Å². The molecule has 5 rings (SSSR count). The number of ether oxygens (including phenoxy) is 6. The Balaban J connectivity index is 1.56. The molecule has 2 saturated heterocycles. The van der Waals surface area contributed by atoms with Gasteiger partial charge in [-0.2, -0.15) is 0 Å². The summed E-state index contributed by atoms with van der Waals surface area (Å²) in [6.45, 7) is 0.739. The Labute approximate surface area is 249 Å². The first kappa shape index (κ1) is 31.8. The van der Waals surface area contributed by atoms with E-state index < -0.39 is 85.6 Å². The van der Waals surface area contributed by atoms with Gasteiger partial charge in [-0.15, -0.1) is 0 Å². The smallest absolute Gasteiger partial charge is 0.229 e. The fourth-order valence-corrected chi connectivity index (χ4v) is 5.10. The summed E-state index contributed by atoms with van der Waals surface area (Å²) in [6, 6.07) is 2.43. The number of benzene rings is 1. The maximum atomic E-state index is 10.6. The Kier molecular flexibility index (Phi) is 8.99. The van der Waals surface area contributed by atoms with Crippen molar-refractivity contribution in [1.82, 2.24) is 0 Å². The van der Waals surface area contributed by atoms with Gasteiger partial charge in [0.25, 0.3) is 0 Å². The van der Waals surface area contributed by atoms with Gasteiger partial charge < -0.3 is 79.5 Å². The first-order valence-corrected chi connectivity index (χ1v) is 13.5. The molecule has 1 aliphatic carbocycles. The minimum Gasteiger partial charge on any atom is -0.508 e. The summed E-state index contributed by atoms with van der Waals surface area (Å²) in [4.78, 5) is 0. The third-order valence-electron chi connectivity index (χ3n) is 7.63. The van der Waals surface area contributed by atoms with E-state index in [0.717, 1.165) is 12.1 Å². The van der Waals surface area contributed by atoms with Crippen LogP contribution >= 0.6 is 0 Å². The molecule has 10 N–H and O–H groups in total. The topological polar surface area (TPSA) is 258 Å². The maximum absolute atomic E-state index is 10.6. The van der Waals surface area contributed by atoms with Crippen molar-refractivity contribution in [1.29, 1.82) is 0 Å². The molecule has 0 bridgehead atoms. The second-order valence-electron chi connectivity index (χ2n) is 10.6. The molecule has 11 unspecified atom stereocenters. The lowest BCUT2D eigenvalue weighted by Gasteiger charge is -2.41. The van der Waals surface area contributed by atoms with Crippen LogP contribution in [0.4, 0.5) is 0 Å². The van der Waals surface area contributed by atoms with Gasteiger partial charge >= 0.3 is 0 Å². The van der Waals surface area contributed by atoms with E-state index in [2.05, 4.69) is 0 Å². The highest BCUT2D eigenvalue weighted by atomic mass is 16.7. The van der Waals surface area contributed by atoms with E-state index in [1.807, 2.05) is 0 Å². The number of rotatable bonds is 7. The summed E-state index contributed by atoms with van der Waals surface area (Å²) >= 11 is 0. The number of aromatic hydroxyl groups is 2. The van der Waals surface area contributed by atoms with Gasteiger partial charge in [0.1, 0.15) is 60.4 Å². The lowest BCUT2D eigenvalue weighted by molar-refractivity contribution is -0.291. The summed E-state index contributed by atoms with van der Waals surface area (Å²) < 4.78 is 34.0. The molecule has 0 radical (unpaired) electrons. The number of hydrogen-bond acceptors (Lipinski definition) is 16. The number of fused-ring (bicyclic) bond motifs is 1. The molecule has 1 aromatic carbocycles. The van der Waals surface area contributed by atoms with Crippen LogP contribution in [0, 0.1) is 0 Å². The molecule has 4 aliphatic rings. The first-order valence-electron chi connectivity index (χ1n) is 13.5. The maximum Gasteiger partial charge on any atom is 0.229 e. The SMILES string of the molecule is COc1cc(C2=C(OC3OC(C)C(O)C(O)C3O)C=C3C(OC4OC(CO)C(O)C(O)C4O)=CC(O)=CC3O2)cc(O)c1O. The highest BCUT2D eigenvalue weighted by molar-refractivity contribution is 5.72. The quantitative estimate of drug-likeness (QED) is 0.148. The van der Waals surface area contributed by atoms with E-state index in [-0.39, 0.29) is 39.9 Å². The second kappa shape index (κ2) is 12.4. The molecule has 3 aliphatic heterocycles. The Morgan fingerprint density at radius 3 is 2.11 bits per heavy atom. The minimum absolute atomic E-state index is 0.0974. The van der Waals surface area contributed by atoms with Crippen LogP contribution in [0.5, 0.6) is 17.2 Å². The average Bonchev–Trinajstić information content (AvgIpc) is 3.00. The van der Waals surface area contributed by atoms with Crippen molar-refractivity contribution in [2.45, 2.75) is 74.4 Å². The van der Waals surface area contributed by atoms with Gasteiger partial charge in [0.2, 0.25) is 18.3 Å². The normalized spacial score (nSPS) is 37.2. The number of hydrogen-bond donors (Lipinski definition) is 10. The summed E-state index contributed by atoms with van der Waals surface area (Å²) in [5.41, 5.74) is 0.243. The van der Waals surface area contributed by atoms with Gasteiger partial charge in [-0.3, -0.25) is 0 Å². The van der Waals surface area contributed by atoms with E-state index in [9.17, 15) is 51.1 Å². The zero-order chi connectivity index (χ0) is 32.0. The van der Waals surface area contributed by atoms with Gasteiger partial charge in [-0.25, -0.2) is 0 Å². The molecular formula is C28H34O16. The molecule has 2 fully saturated rings. The zero-order valence-corrected chi connectivity index (χ0v) is 23.4. The van der Waals surface area contributed by atoms with Gasteiger partial charge in [0.05, 0.1) is 19.8 Å². The molecule has 3 heterocycles. The van der Waals surface area contributed by atoms with Gasteiger partial charge in [0, 0.05) is 23.3 Å². The van der Waals surface area contributed by atoms with Crippen LogP contribution in [0.15, 0.2) is 53.2 Å². The highest BCUT2D eigenvalue weighted by Crippen LogP contribution is 2.44. The fraction of sp³-hybridized carbons (Fsp3) is 0.500. The summed E-state index contributed by atoms with van der Waals surface area (Å²) in [7, 11) is 1.25. The fourth-order valence-electron chi connectivity index (χ4n) is 5.10. The average molecular weight is 627 g/mol. The van der Waals surface area contributed by atoms with Crippen molar-refractivity contribution in [3.63, 3.8) is 0 Å². The van der Waals surface area contributed by atoms with E-state index in [1.54, 1.807) is 0 Å². The second-order valence-corrected chi connectivity index (χ2v) is 10.6. The molecule has 242 valence electrons. The van der Waals surface area contributed by atoms with Gasteiger partial charge in [-0.05, 0) is 25.1 Å². The van der Waals surface area contributed by atoms with Crippen molar-refractivity contribution < 1.29 is 79.5 Å². The summed E-state index contributed by atoms with van der Waals surface area (Å²) in [5, 5.41) is 102. The van der Waals surface area contributed by atoms with Crippen LogP contribution < -0.4 is 4.74 Å². The van der Waals surface area contributed by atoms with E-state index in [4.69, 9.17) is 28.4 Å². The Morgan fingerprint density at radius 2 is 1.45 bits per heavy atom. The van der Waals surface area contributed by atoms with Crippen LogP contribution in [0.25, 0.3) is 5.76 Å². The van der Waals surface area contributed by atoms with Crippen molar-refractivity contribution in [3.8, 4) is 17.2 Å². The lowest BCUT2D eigenvalue weighted by Crippen LogP contribution is -2.59. The number of phenols is 2. The Hall–Kier alpha value is -3.58. The molecular weight excluding hydrogens is 592 g/mol. The Bertz CT molecular complexity index is 1370. The number of allylic oxidation sites excluding steroid dienone is 2. The zero-order valence-electron chi connectivity index (χ0n) is 23.4. The van der Waals surface area contributed by atoms with Crippen molar-refractivity contribution in [2.24, 2.45) is 0 Å². The van der Waals surface area contributed by atoms with Crippen LogP contribution in [-0.4, -0.2) is 132 Å². The summed E-state index contributed by atoms with van der Waals surface area (Å²) in [6.07, 6.45) is -12.8. The largest absolute Gasteiger partial charge is 0.508 e. The third-order valence-corrected chi connectivity index (χ3v) is 7.63. The molecule has 0 aromatic heterocycles. The number of aliphatic hydroxyl groups is 8. The minimum atomic E-state index is -1.78. The molecule has 0 spiro atoms. The predicted molar refractivity (Wildman–Crippen MR) is 143 cm³/mol. The van der Waals surface area contributed by atoms with Crippen molar-refractivity contribution >= 4 is 5.76 Å². The summed E-state index contributed by atoms with van der Waals surface area (Å²) in [5.74, 6) is -2.08. The monoisotopic (exact) mass is 626 g/mol. The molecule has 16 nitrogen and oxygen atoms in total. The van der Waals surface area contributed by atoms with E-state index >= 15 is 0 Å². The molecule has 16 heteroatoms. The molecule has 0 saturated carbocycles. The third kappa shape index (κ3) is 5.79. The number of methoxy groups -OCH3 is 1. The van der Waals surface area contributed by atoms with Crippen LogP contribution in [0.1, 0.15) is 12.5 Å². The van der Waals surface area contributed by atoms with Crippen molar-refractivity contribution in [2.75, 3.05) is 13.7 Å². The van der Waals surface area contributed by atoms with Crippen LogP contribution in [0.2, 0.25) is 0 Å². The first-order chi connectivity index (χ1) is 20.8. The van der Waals surface area contributed by atoms with Crippen LogP contribution in [0.3, 0.4) is 0 Å². The standard InChI is InChI=1S/C28H34O16/c1-9-19(32)22(35)24(37)27(40-9)43-17-7-12-14(41-26(17)10-3-13(31)20(33)16(4-10)39-2)5-11(30)6-15(12)42-28-25(38)23(36)21(34)18(8-29)44-28/h3-7,9,14,18-19,21-25,27-38H,8H2,1-2H3. The van der Waals surface area contributed by atoms with Gasteiger partial charge in [-0.1, -0.05) is 0 Å². The van der Waals surface area contributed by atoms with Crippen LogP contribution in [-0.2, 0) is 23.7 Å². The molecule has 11 atom stereocenters. The number of phenolic OH excluding ortho intramolecular Hbond substituents is 2. The van der Waals surface area contributed by atoms with Crippen molar-refractivity contribution in [3.05, 3.63) is 58.8 Å². The highest BCUT2D eigenvalue weighted by Gasteiger charge is 2.47. The predicted octanol–water partition coefficient (Wildman–Crippen LogP) is -1.90. The molecule has 1 aromatic rings. The van der Waals surface area contributed by atoms with E-state index in [0.29, 0.717) is 0 Å². The number of aliphatic hydroxyl groups excluding tert-OH is 8.